The van der Waals surface area contributed by atoms with Crippen molar-refractivity contribution < 1.29 is 9.59 Å². The third-order valence-corrected chi connectivity index (χ3v) is 3.85. The first-order valence-electron chi connectivity index (χ1n) is 7.69. The van der Waals surface area contributed by atoms with Crippen LogP contribution in [0.1, 0.15) is 68.8 Å². The fourth-order valence-electron chi connectivity index (χ4n) is 1.82. The quantitative estimate of drug-likeness (QED) is 0.305. The Morgan fingerprint density at radius 2 is 1.52 bits per heavy atom. The zero-order valence-electron chi connectivity index (χ0n) is 14.0. The van der Waals surface area contributed by atoms with Gasteiger partial charge in [0, 0.05) is 17.9 Å². The molecule has 0 N–H and O–H groups in total. The van der Waals surface area contributed by atoms with Crippen LogP contribution in [0.5, 0.6) is 0 Å². The van der Waals surface area contributed by atoms with E-state index in [1.807, 2.05) is 0 Å². The normalized spacial score (nSPS) is 10.7. The molecule has 0 aliphatic carbocycles. The van der Waals surface area contributed by atoms with Crippen molar-refractivity contribution >= 4 is 45.3 Å². The highest BCUT2D eigenvalue weighted by Gasteiger charge is 2.08. The maximum atomic E-state index is 10.6. The first-order chi connectivity index (χ1) is 10.7. The summed E-state index contributed by atoms with van der Waals surface area (Å²) in [5, 5.41) is -0.642. The molecule has 2 nitrogen and oxygen atoms in total. The van der Waals surface area contributed by atoms with E-state index >= 15 is 0 Å². The Kier molecular flexibility index (Phi) is 11.6. The van der Waals surface area contributed by atoms with Crippen LogP contribution in [-0.2, 0) is 10.7 Å². The molecule has 130 valence electrons. The van der Waals surface area contributed by atoms with Crippen LogP contribution in [0.15, 0.2) is 24.3 Å². The number of hydrogen-bond acceptors (Lipinski definition) is 2. The van der Waals surface area contributed by atoms with Crippen LogP contribution in [0, 0.1) is 5.41 Å². The lowest BCUT2D eigenvalue weighted by Gasteiger charge is -2.17. The molecule has 1 aromatic carbocycles. The Morgan fingerprint density at radius 3 is 1.91 bits per heavy atom. The number of hydrogen-bond donors (Lipinski definition) is 0. The number of alkyl halides is 1. The van der Waals surface area contributed by atoms with Crippen LogP contribution in [-0.4, -0.2) is 10.5 Å². The zero-order valence-corrected chi connectivity index (χ0v) is 16.3. The molecule has 0 spiro atoms. The van der Waals surface area contributed by atoms with Gasteiger partial charge in [-0.3, -0.25) is 9.59 Å². The molecule has 0 bridgehead atoms. The average Bonchev–Trinajstić information content (AvgIpc) is 2.46. The average molecular weight is 380 g/mol. The van der Waals surface area contributed by atoms with Gasteiger partial charge in [-0.25, -0.2) is 0 Å². The fraction of sp³-hybridized carbons (Fsp3) is 0.556. The molecule has 23 heavy (non-hydrogen) atoms. The van der Waals surface area contributed by atoms with Gasteiger partial charge in [-0.2, -0.15) is 0 Å². The summed E-state index contributed by atoms with van der Waals surface area (Å²) >= 11 is 16.0. The number of carbonyl (C=O) groups is 2. The molecule has 0 unspecified atom stereocenters. The molecule has 0 aliphatic heterocycles. The molecule has 0 saturated carbocycles. The molecular formula is C18H25Cl3O2. The van der Waals surface area contributed by atoms with Crippen molar-refractivity contribution in [3.05, 3.63) is 35.4 Å². The highest BCUT2D eigenvalue weighted by molar-refractivity contribution is 6.67. The Balaban J connectivity index is 0.000000422. The van der Waals surface area contributed by atoms with E-state index in [9.17, 15) is 9.59 Å². The number of benzene rings is 1. The second kappa shape index (κ2) is 11.9. The Morgan fingerprint density at radius 1 is 0.957 bits per heavy atom. The first kappa shape index (κ1) is 22.4. The molecule has 0 fully saturated rings. The standard InChI is InChI=1S/C10H19ClO.C8H6Cl2O/c1-10(2,3)8-6-4-5-7-9(11)12;9-5-6-1-3-7(4-2-6)8(10)11/h4-8H2,1-3H3;1-4H,5H2. The topological polar surface area (TPSA) is 34.1 Å². The number of unbranched alkanes of at least 4 members (excludes halogenated alkanes) is 2. The summed E-state index contributed by atoms with van der Waals surface area (Å²) < 4.78 is 0. The molecule has 1 rings (SSSR count). The van der Waals surface area contributed by atoms with Crippen molar-refractivity contribution in [3.63, 3.8) is 0 Å². The molecule has 0 amide bonds. The lowest BCUT2D eigenvalue weighted by molar-refractivity contribution is -0.111. The summed E-state index contributed by atoms with van der Waals surface area (Å²) in [7, 11) is 0. The van der Waals surface area contributed by atoms with Gasteiger partial charge in [0.25, 0.3) is 5.24 Å². The van der Waals surface area contributed by atoms with E-state index in [0.717, 1.165) is 18.4 Å². The van der Waals surface area contributed by atoms with Gasteiger partial charge in [-0.15, -0.1) is 11.6 Å². The van der Waals surface area contributed by atoms with Crippen molar-refractivity contribution in [1.29, 1.82) is 0 Å². The van der Waals surface area contributed by atoms with Gasteiger partial charge >= 0.3 is 0 Å². The van der Waals surface area contributed by atoms with Gasteiger partial charge < -0.3 is 0 Å². The number of rotatable bonds is 7. The number of carbonyl (C=O) groups excluding carboxylic acids is 2. The molecular weight excluding hydrogens is 355 g/mol. The highest BCUT2D eigenvalue weighted by atomic mass is 35.5. The summed E-state index contributed by atoms with van der Waals surface area (Å²) in [5.74, 6) is 0.455. The minimum absolute atomic E-state index is 0.203. The molecule has 0 aliphatic rings. The van der Waals surface area contributed by atoms with Crippen molar-refractivity contribution in [2.45, 2.75) is 58.8 Å². The lowest BCUT2D eigenvalue weighted by atomic mass is 9.89. The molecule has 5 heteroatoms. The van der Waals surface area contributed by atoms with Crippen molar-refractivity contribution in [2.75, 3.05) is 0 Å². The maximum Gasteiger partial charge on any atom is 0.252 e. The third kappa shape index (κ3) is 13.6. The van der Waals surface area contributed by atoms with Crippen molar-refractivity contribution in [2.24, 2.45) is 5.41 Å². The SMILES string of the molecule is CC(C)(C)CCCCCC(=O)Cl.O=C(Cl)c1ccc(CCl)cc1. The van der Waals surface area contributed by atoms with Crippen LogP contribution in [0.25, 0.3) is 0 Å². The molecule has 0 radical (unpaired) electrons. The van der Waals surface area contributed by atoms with Gasteiger partial charge in [0.1, 0.15) is 0 Å². The van der Waals surface area contributed by atoms with Crippen LogP contribution in [0.4, 0.5) is 0 Å². The van der Waals surface area contributed by atoms with Gasteiger partial charge in [0.05, 0.1) is 0 Å². The lowest BCUT2D eigenvalue weighted by Crippen LogP contribution is -2.04. The van der Waals surface area contributed by atoms with E-state index in [4.69, 9.17) is 34.8 Å². The first-order valence-corrected chi connectivity index (χ1v) is 8.98. The number of halogens is 3. The van der Waals surface area contributed by atoms with E-state index < -0.39 is 5.24 Å². The largest absolute Gasteiger partial charge is 0.281 e. The predicted octanol–water partition coefficient (Wildman–Crippen LogP) is 6.55. The monoisotopic (exact) mass is 378 g/mol. The maximum absolute atomic E-state index is 10.6. The summed E-state index contributed by atoms with van der Waals surface area (Å²) in [6.45, 7) is 6.71. The van der Waals surface area contributed by atoms with Gasteiger partial charge in [-0.05, 0) is 59.2 Å². The smallest absolute Gasteiger partial charge is 0.252 e. The second-order valence-electron chi connectivity index (χ2n) is 6.58. The van der Waals surface area contributed by atoms with Crippen LogP contribution in [0.3, 0.4) is 0 Å². The summed E-state index contributed by atoms with van der Waals surface area (Å²) in [4.78, 5) is 20.9. The fourth-order valence-corrected chi connectivity index (χ4v) is 2.26. The second-order valence-corrected chi connectivity index (χ2v) is 7.61. The molecule has 0 saturated heterocycles. The minimum Gasteiger partial charge on any atom is -0.281 e. The Hall–Kier alpha value is -0.570. The summed E-state index contributed by atoms with van der Waals surface area (Å²) in [5.41, 5.74) is 1.90. The van der Waals surface area contributed by atoms with Gasteiger partial charge in [0.2, 0.25) is 5.24 Å². The van der Waals surface area contributed by atoms with Crippen LogP contribution < -0.4 is 0 Å². The van der Waals surface area contributed by atoms with Crippen LogP contribution in [0.2, 0.25) is 0 Å². The minimum atomic E-state index is -0.439. The Bertz CT molecular complexity index is 476. The molecule has 0 heterocycles. The van der Waals surface area contributed by atoms with E-state index in [-0.39, 0.29) is 5.24 Å². The van der Waals surface area contributed by atoms with Crippen LogP contribution >= 0.6 is 34.8 Å². The summed E-state index contributed by atoms with van der Waals surface area (Å²) in [6, 6.07) is 6.88. The van der Waals surface area contributed by atoms with Crippen molar-refractivity contribution in [3.8, 4) is 0 Å². The Labute approximate surface area is 154 Å². The van der Waals surface area contributed by atoms with E-state index in [0.29, 0.717) is 23.3 Å². The van der Waals surface area contributed by atoms with Gasteiger partial charge in [0.15, 0.2) is 0 Å². The zero-order chi connectivity index (χ0) is 17.9. The van der Waals surface area contributed by atoms with E-state index in [1.165, 1.54) is 12.8 Å². The third-order valence-electron chi connectivity index (χ3n) is 3.14. The molecule has 0 aromatic heterocycles. The highest BCUT2D eigenvalue weighted by Crippen LogP contribution is 2.22. The van der Waals surface area contributed by atoms with E-state index in [2.05, 4.69) is 20.8 Å². The summed E-state index contributed by atoms with van der Waals surface area (Å²) in [6.07, 6.45) is 5.02. The van der Waals surface area contributed by atoms with Gasteiger partial charge in [-0.1, -0.05) is 45.7 Å². The molecule has 0 atom stereocenters. The predicted molar refractivity (Wildman–Crippen MR) is 99.6 cm³/mol. The van der Waals surface area contributed by atoms with E-state index in [1.54, 1.807) is 24.3 Å². The molecule has 1 aromatic rings. The van der Waals surface area contributed by atoms with Crippen molar-refractivity contribution in [1.82, 2.24) is 0 Å².